The minimum Gasteiger partial charge on any atom is -0.308 e. The van der Waals surface area contributed by atoms with Gasteiger partial charge in [0.05, 0.1) is 11.7 Å². The van der Waals surface area contributed by atoms with Crippen molar-refractivity contribution in [2.75, 3.05) is 6.54 Å². The van der Waals surface area contributed by atoms with Crippen molar-refractivity contribution < 1.29 is 0 Å². The van der Waals surface area contributed by atoms with Crippen molar-refractivity contribution in [2.45, 2.75) is 25.8 Å². The first-order valence-electron chi connectivity index (χ1n) is 6.39. The number of hydrogen-bond acceptors (Lipinski definition) is 4. The van der Waals surface area contributed by atoms with Crippen LogP contribution in [0.25, 0.3) is 0 Å². The van der Waals surface area contributed by atoms with E-state index in [1.54, 1.807) is 12.5 Å². The molecule has 2 aromatic heterocycles. The molecule has 2 heterocycles. The highest BCUT2D eigenvalue weighted by Gasteiger charge is 2.13. The highest BCUT2D eigenvalue weighted by molar-refractivity contribution is 9.10. The van der Waals surface area contributed by atoms with Crippen LogP contribution in [0.15, 0.2) is 41.4 Å². The number of hydrogen-bond donors (Lipinski definition) is 1. The van der Waals surface area contributed by atoms with Crippen LogP contribution in [0.3, 0.4) is 0 Å². The molecule has 0 saturated carbocycles. The molecule has 2 aromatic rings. The molecule has 2 rings (SSSR count). The zero-order valence-electron chi connectivity index (χ0n) is 10.9. The second kappa shape index (κ2) is 7.31. The topological polar surface area (TPSA) is 50.7 Å². The van der Waals surface area contributed by atoms with Gasteiger partial charge in [-0.25, -0.2) is 9.97 Å². The van der Waals surface area contributed by atoms with Gasteiger partial charge in [-0.2, -0.15) is 0 Å². The predicted molar refractivity (Wildman–Crippen MR) is 78.7 cm³/mol. The van der Waals surface area contributed by atoms with E-state index in [4.69, 9.17) is 0 Å². The zero-order chi connectivity index (χ0) is 13.5. The molecule has 100 valence electrons. The Morgan fingerprint density at radius 2 is 2.16 bits per heavy atom. The molecule has 0 bridgehead atoms. The number of rotatable bonds is 6. The molecule has 0 fully saturated rings. The number of pyridine rings is 1. The van der Waals surface area contributed by atoms with E-state index in [9.17, 15) is 0 Å². The molecule has 0 aliphatic rings. The van der Waals surface area contributed by atoms with Crippen molar-refractivity contribution in [1.29, 1.82) is 0 Å². The van der Waals surface area contributed by atoms with Gasteiger partial charge in [0.15, 0.2) is 0 Å². The summed E-state index contributed by atoms with van der Waals surface area (Å²) in [7, 11) is 0. The van der Waals surface area contributed by atoms with Gasteiger partial charge in [-0.05, 0) is 47.1 Å². The van der Waals surface area contributed by atoms with Gasteiger partial charge >= 0.3 is 0 Å². The largest absolute Gasteiger partial charge is 0.308 e. The summed E-state index contributed by atoms with van der Waals surface area (Å²) >= 11 is 3.40. The van der Waals surface area contributed by atoms with Gasteiger partial charge in [0.1, 0.15) is 6.33 Å². The van der Waals surface area contributed by atoms with Crippen molar-refractivity contribution in [3.05, 3.63) is 52.8 Å². The fourth-order valence-corrected chi connectivity index (χ4v) is 2.08. The molecule has 0 amide bonds. The summed E-state index contributed by atoms with van der Waals surface area (Å²) in [6, 6.07) is 6.17. The van der Waals surface area contributed by atoms with Gasteiger partial charge in [-0.1, -0.05) is 6.92 Å². The van der Waals surface area contributed by atoms with Crippen LogP contribution in [0, 0.1) is 0 Å². The maximum Gasteiger partial charge on any atom is 0.115 e. The average molecular weight is 321 g/mol. The molecule has 1 unspecified atom stereocenters. The molecule has 0 saturated heterocycles. The SMILES string of the molecule is CCCNC(Cc1ccc(Br)cn1)c1ccncn1. The smallest absolute Gasteiger partial charge is 0.115 e. The predicted octanol–water partition coefficient (Wildman–Crippen LogP) is 2.92. The number of nitrogens with zero attached hydrogens (tertiary/aromatic N) is 3. The van der Waals surface area contributed by atoms with Crippen LogP contribution < -0.4 is 5.32 Å². The normalized spacial score (nSPS) is 12.3. The number of halogens is 1. The van der Waals surface area contributed by atoms with Crippen molar-refractivity contribution in [1.82, 2.24) is 20.3 Å². The van der Waals surface area contributed by atoms with E-state index in [-0.39, 0.29) is 6.04 Å². The molecule has 19 heavy (non-hydrogen) atoms. The van der Waals surface area contributed by atoms with Crippen LogP contribution in [0.1, 0.15) is 30.8 Å². The first-order valence-corrected chi connectivity index (χ1v) is 7.18. The number of aromatic nitrogens is 3. The third kappa shape index (κ3) is 4.36. The lowest BCUT2D eigenvalue weighted by molar-refractivity contribution is 0.512. The molecule has 1 atom stereocenters. The Labute approximate surface area is 121 Å². The van der Waals surface area contributed by atoms with E-state index >= 15 is 0 Å². The standard InChI is InChI=1S/C14H17BrN4/c1-2-6-17-14(13-5-7-16-10-19-13)8-12-4-3-11(15)9-18-12/h3-5,7,9-10,14,17H,2,6,8H2,1H3. The van der Waals surface area contributed by atoms with Gasteiger partial charge in [0, 0.05) is 29.0 Å². The Balaban J connectivity index is 2.11. The van der Waals surface area contributed by atoms with Gasteiger partial charge < -0.3 is 5.32 Å². The Morgan fingerprint density at radius 1 is 1.26 bits per heavy atom. The Kier molecular flexibility index (Phi) is 5.42. The molecular formula is C14H17BrN4. The molecule has 0 aliphatic heterocycles. The highest BCUT2D eigenvalue weighted by atomic mass is 79.9. The average Bonchev–Trinajstić information content (AvgIpc) is 2.46. The second-order valence-electron chi connectivity index (χ2n) is 4.31. The van der Waals surface area contributed by atoms with E-state index in [0.29, 0.717) is 0 Å². The van der Waals surface area contributed by atoms with E-state index < -0.39 is 0 Å². The quantitative estimate of drug-likeness (QED) is 0.889. The summed E-state index contributed by atoms with van der Waals surface area (Å²) in [4.78, 5) is 12.7. The lowest BCUT2D eigenvalue weighted by atomic mass is 10.1. The molecule has 1 N–H and O–H groups in total. The van der Waals surface area contributed by atoms with Crippen LogP contribution in [0.5, 0.6) is 0 Å². The van der Waals surface area contributed by atoms with Gasteiger partial charge in [0.2, 0.25) is 0 Å². The lowest BCUT2D eigenvalue weighted by Crippen LogP contribution is -2.25. The minimum atomic E-state index is 0.177. The fourth-order valence-electron chi connectivity index (χ4n) is 1.84. The van der Waals surface area contributed by atoms with Crippen molar-refractivity contribution in [2.24, 2.45) is 0 Å². The van der Waals surface area contributed by atoms with Crippen LogP contribution in [0.4, 0.5) is 0 Å². The van der Waals surface area contributed by atoms with E-state index in [0.717, 1.165) is 35.2 Å². The van der Waals surface area contributed by atoms with Crippen molar-refractivity contribution >= 4 is 15.9 Å². The van der Waals surface area contributed by atoms with Crippen LogP contribution in [0.2, 0.25) is 0 Å². The maximum atomic E-state index is 4.42. The minimum absolute atomic E-state index is 0.177. The zero-order valence-corrected chi connectivity index (χ0v) is 12.5. The first-order chi connectivity index (χ1) is 9.29. The lowest BCUT2D eigenvalue weighted by Gasteiger charge is -2.17. The molecule has 0 spiro atoms. The van der Waals surface area contributed by atoms with Gasteiger partial charge in [0.25, 0.3) is 0 Å². The van der Waals surface area contributed by atoms with Crippen molar-refractivity contribution in [3.8, 4) is 0 Å². The van der Waals surface area contributed by atoms with Gasteiger partial charge in [-0.3, -0.25) is 4.98 Å². The first kappa shape index (κ1) is 14.1. The third-order valence-electron chi connectivity index (χ3n) is 2.80. The van der Waals surface area contributed by atoms with Crippen LogP contribution >= 0.6 is 15.9 Å². The molecule has 0 aromatic carbocycles. The Hall–Kier alpha value is -1.33. The van der Waals surface area contributed by atoms with Crippen LogP contribution in [-0.4, -0.2) is 21.5 Å². The van der Waals surface area contributed by atoms with Gasteiger partial charge in [-0.15, -0.1) is 0 Å². The number of nitrogens with one attached hydrogen (secondary N) is 1. The third-order valence-corrected chi connectivity index (χ3v) is 3.27. The maximum absolute atomic E-state index is 4.42. The summed E-state index contributed by atoms with van der Waals surface area (Å²) in [5.41, 5.74) is 2.06. The highest BCUT2D eigenvalue weighted by Crippen LogP contribution is 2.16. The monoisotopic (exact) mass is 320 g/mol. The summed E-state index contributed by atoms with van der Waals surface area (Å²) in [5, 5.41) is 3.51. The summed E-state index contributed by atoms with van der Waals surface area (Å²) in [5.74, 6) is 0. The Morgan fingerprint density at radius 3 is 2.79 bits per heavy atom. The Bertz CT molecular complexity index is 487. The molecule has 0 aliphatic carbocycles. The summed E-state index contributed by atoms with van der Waals surface area (Å²) in [6.07, 6.45) is 7.11. The van der Waals surface area contributed by atoms with E-state index in [2.05, 4.69) is 43.1 Å². The summed E-state index contributed by atoms with van der Waals surface area (Å²) in [6.45, 7) is 3.12. The molecular weight excluding hydrogens is 304 g/mol. The van der Waals surface area contributed by atoms with E-state index in [1.165, 1.54) is 0 Å². The van der Waals surface area contributed by atoms with E-state index in [1.807, 2.05) is 24.4 Å². The summed E-state index contributed by atoms with van der Waals surface area (Å²) < 4.78 is 0.997. The van der Waals surface area contributed by atoms with Crippen LogP contribution in [-0.2, 0) is 6.42 Å². The van der Waals surface area contributed by atoms with Crippen molar-refractivity contribution in [3.63, 3.8) is 0 Å². The molecule has 4 nitrogen and oxygen atoms in total. The molecule has 0 radical (unpaired) electrons. The fraction of sp³-hybridized carbons (Fsp3) is 0.357. The second-order valence-corrected chi connectivity index (χ2v) is 5.23. The molecule has 5 heteroatoms.